The summed E-state index contributed by atoms with van der Waals surface area (Å²) in [5, 5.41) is 0. The minimum absolute atomic E-state index is 0.0511. The zero-order valence-corrected chi connectivity index (χ0v) is 14.0. The van der Waals surface area contributed by atoms with Gasteiger partial charge in [-0.2, -0.15) is 0 Å². The first kappa shape index (κ1) is 17.5. The molecule has 0 unspecified atom stereocenters. The fraction of sp³-hybridized carbons (Fsp3) is 0.368. The molecule has 0 spiro atoms. The van der Waals surface area contributed by atoms with Gasteiger partial charge in [-0.05, 0) is 36.6 Å². The first-order valence-electron chi connectivity index (χ1n) is 8.12. The first-order valence-corrected chi connectivity index (χ1v) is 8.12. The summed E-state index contributed by atoms with van der Waals surface area (Å²) >= 11 is 0. The van der Waals surface area contributed by atoms with Gasteiger partial charge in [-0.3, -0.25) is 4.79 Å². The molecule has 0 amide bonds. The Kier molecular flexibility index (Phi) is 4.31. The predicted octanol–water partition coefficient (Wildman–Crippen LogP) is 5.29. The lowest BCUT2D eigenvalue weighted by Gasteiger charge is -2.23. The van der Waals surface area contributed by atoms with Crippen LogP contribution >= 0.6 is 0 Å². The van der Waals surface area contributed by atoms with Gasteiger partial charge in [-0.15, -0.1) is 0 Å². The number of Topliss-reactive ketones (excluding diaryl/α,β-unsaturated/α-hetero) is 1. The van der Waals surface area contributed by atoms with Gasteiger partial charge in [0.25, 0.3) is 5.92 Å². The Labute approximate surface area is 143 Å². The third kappa shape index (κ3) is 3.25. The lowest BCUT2D eigenvalue weighted by molar-refractivity contribution is -0.0200. The van der Waals surface area contributed by atoms with Crippen molar-refractivity contribution in [1.29, 1.82) is 0 Å². The molecule has 0 radical (unpaired) electrons. The summed E-state index contributed by atoms with van der Waals surface area (Å²) in [6, 6.07) is 6.94. The standard InChI is InChI=1S/C19H18F3NO2/c1-3-15(24)12-4-7-17(23-11-12)25-16-6-5-13(10-14(16)20)19(8-9-19)18(2,21)22/h4-7,10-11H,3,8-9H2,1-2H3. The van der Waals surface area contributed by atoms with E-state index in [4.69, 9.17) is 4.74 Å². The summed E-state index contributed by atoms with van der Waals surface area (Å²) in [5.74, 6) is -3.64. The van der Waals surface area contributed by atoms with Gasteiger partial charge in [-0.25, -0.2) is 18.2 Å². The van der Waals surface area contributed by atoms with E-state index in [0.717, 1.165) is 13.0 Å². The van der Waals surface area contributed by atoms with Crippen molar-refractivity contribution in [2.75, 3.05) is 0 Å². The quantitative estimate of drug-likeness (QED) is 0.665. The lowest BCUT2D eigenvalue weighted by Crippen LogP contribution is -2.30. The lowest BCUT2D eigenvalue weighted by atomic mass is 9.90. The van der Waals surface area contributed by atoms with Crippen LogP contribution < -0.4 is 4.74 Å². The molecule has 3 rings (SSSR count). The van der Waals surface area contributed by atoms with E-state index in [0.29, 0.717) is 24.8 Å². The molecule has 0 N–H and O–H groups in total. The number of ketones is 1. The highest BCUT2D eigenvalue weighted by molar-refractivity contribution is 5.95. The molecule has 25 heavy (non-hydrogen) atoms. The summed E-state index contributed by atoms with van der Waals surface area (Å²) in [5.41, 5.74) is -0.541. The monoisotopic (exact) mass is 349 g/mol. The van der Waals surface area contributed by atoms with Gasteiger partial charge < -0.3 is 4.74 Å². The molecule has 1 aliphatic carbocycles. The van der Waals surface area contributed by atoms with E-state index in [1.807, 2.05) is 0 Å². The molecule has 0 atom stereocenters. The fourth-order valence-electron chi connectivity index (χ4n) is 2.91. The van der Waals surface area contributed by atoms with Crippen LogP contribution in [0.4, 0.5) is 13.2 Å². The highest BCUT2D eigenvalue weighted by Crippen LogP contribution is 2.58. The van der Waals surface area contributed by atoms with Crippen LogP contribution in [-0.2, 0) is 5.41 Å². The van der Waals surface area contributed by atoms with E-state index in [1.54, 1.807) is 13.0 Å². The molecule has 0 saturated heterocycles. The number of rotatable bonds is 6. The van der Waals surface area contributed by atoms with Gasteiger partial charge in [0.1, 0.15) is 0 Å². The van der Waals surface area contributed by atoms with E-state index < -0.39 is 17.2 Å². The van der Waals surface area contributed by atoms with Crippen molar-refractivity contribution >= 4 is 5.78 Å². The minimum Gasteiger partial charge on any atom is -0.436 e. The molecular weight excluding hydrogens is 331 g/mol. The Morgan fingerprint density at radius 3 is 2.48 bits per heavy atom. The molecule has 1 heterocycles. The molecule has 1 aromatic carbocycles. The highest BCUT2D eigenvalue weighted by atomic mass is 19.3. The molecule has 1 fully saturated rings. The minimum atomic E-state index is -2.90. The zero-order chi connectivity index (χ0) is 18.2. The number of ether oxygens (including phenoxy) is 1. The Bertz CT molecular complexity index is 793. The Hall–Kier alpha value is -2.37. The van der Waals surface area contributed by atoms with Crippen LogP contribution in [0.1, 0.15) is 49.0 Å². The first-order chi connectivity index (χ1) is 11.8. The van der Waals surface area contributed by atoms with Crippen LogP contribution in [0.25, 0.3) is 0 Å². The summed E-state index contributed by atoms with van der Waals surface area (Å²) in [6.07, 6.45) is 2.40. The largest absolute Gasteiger partial charge is 0.436 e. The number of pyridine rings is 1. The second kappa shape index (κ2) is 6.17. The molecule has 2 aromatic rings. The van der Waals surface area contributed by atoms with Gasteiger partial charge in [0.05, 0.1) is 5.41 Å². The van der Waals surface area contributed by atoms with E-state index in [-0.39, 0.29) is 23.0 Å². The molecule has 1 saturated carbocycles. The number of carbonyl (C=O) groups is 1. The average molecular weight is 349 g/mol. The second-order valence-electron chi connectivity index (χ2n) is 6.38. The Balaban J connectivity index is 1.79. The van der Waals surface area contributed by atoms with Crippen molar-refractivity contribution in [2.24, 2.45) is 0 Å². The maximum Gasteiger partial charge on any atom is 0.254 e. The number of hydrogen-bond donors (Lipinski definition) is 0. The third-order valence-electron chi connectivity index (χ3n) is 4.67. The van der Waals surface area contributed by atoms with Crippen molar-refractivity contribution in [3.05, 3.63) is 53.5 Å². The number of hydrogen-bond acceptors (Lipinski definition) is 3. The molecule has 132 valence electrons. The Morgan fingerprint density at radius 2 is 2.00 bits per heavy atom. The van der Waals surface area contributed by atoms with Gasteiger partial charge >= 0.3 is 0 Å². The van der Waals surface area contributed by atoms with Gasteiger partial charge in [0.15, 0.2) is 17.3 Å². The molecule has 3 nitrogen and oxygen atoms in total. The van der Waals surface area contributed by atoms with Crippen LogP contribution in [0.2, 0.25) is 0 Å². The molecule has 6 heteroatoms. The van der Waals surface area contributed by atoms with Crippen LogP contribution in [0.15, 0.2) is 36.5 Å². The van der Waals surface area contributed by atoms with E-state index in [2.05, 4.69) is 4.98 Å². The third-order valence-corrected chi connectivity index (χ3v) is 4.67. The van der Waals surface area contributed by atoms with E-state index >= 15 is 0 Å². The molecule has 0 bridgehead atoms. The topological polar surface area (TPSA) is 39.2 Å². The van der Waals surface area contributed by atoms with Crippen molar-refractivity contribution < 1.29 is 22.7 Å². The molecule has 1 aliphatic rings. The maximum atomic E-state index is 14.3. The summed E-state index contributed by atoms with van der Waals surface area (Å²) in [6.45, 7) is 2.61. The second-order valence-corrected chi connectivity index (χ2v) is 6.38. The number of halogens is 3. The van der Waals surface area contributed by atoms with Gasteiger partial charge in [0, 0.05) is 31.2 Å². The molecular formula is C19H18F3NO2. The number of nitrogens with zero attached hydrogens (tertiary/aromatic N) is 1. The van der Waals surface area contributed by atoms with Crippen LogP contribution in [0, 0.1) is 5.82 Å². The Morgan fingerprint density at radius 1 is 1.28 bits per heavy atom. The van der Waals surface area contributed by atoms with E-state index in [1.165, 1.54) is 24.4 Å². The van der Waals surface area contributed by atoms with Gasteiger partial charge in [-0.1, -0.05) is 13.0 Å². The number of benzene rings is 1. The summed E-state index contributed by atoms with van der Waals surface area (Å²) in [7, 11) is 0. The van der Waals surface area contributed by atoms with Crippen molar-refractivity contribution in [3.8, 4) is 11.6 Å². The average Bonchev–Trinajstić information content (AvgIpc) is 3.38. The molecule has 1 aromatic heterocycles. The van der Waals surface area contributed by atoms with Crippen molar-refractivity contribution in [3.63, 3.8) is 0 Å². The SMILES string of the molecule is CCC(=O)c1ccc(Oc2ccc(C3(C(C)(F)F)CC3)cc2F)nc1. The van der Waals surface area contributed by atoms with Crippen molar-refractivity contribution in [2.45, 2.75) is 44.4 Å². The van der Waals surface area contributed by atoms with Crippen LogP contribution in [0.3, 0.4) is 0 Å². The van der Waals surface area contributed by atoms with E-state index in [9.17, 15) is 18.0 Å². The zero-order valence-electron chi connectivity index (χ0n) is 14.0. The predicted molar refractivity (Wildman–Crippen MR) is 86.9 cm³/mol. The number of aromatic nitrogens is 1. The fourth-order valence-corrected chi connectivity index (χ4v) is 2.91. The van der Waals surface area contributed by atoms with Crippen LogP contribution in [-0.4, -0.2) is 16.7 Å². The summed E-state index contributed by atoms with van der Waals surface area (Å²) < 4.78 is 47.2. The normalized spacial score (nSPS) is 15.7. The highest BCUT2D eigenvalue weighted by Gasteiger charge is 2.60. The van der Waals surface area contributed by atoms with Gasteiger partial charge in [0.2, 0.25) is 5.88 Å². The number of carbonyl (C=O) groups excluding carboxylic acids is 1. The maximum absolute atomic E-state index is 14.3. The number of alkyl halides is 2. The summed E-state index contributed by atoms with van der Waals surface area (Å²) in [4.78, 5) is 15.5. The molecule has 0 aliphatic heterocycles. The smallest absolute Gasteiger partial charge is 0.254 e. The van der Waals surface area contributed by atoms with Crippen LogP contribution in [0.5, 0.6) is 11.6 Å². The van der Waals surface area contributed by atoms with Crippen molar-refractivity contribution in [1.82, 2.24) is 4.98 Å².